The molecule has 0 aliphatic rings. The van der Waals surface area contributed by atoms with E-state index in [9.17, 15) is 4.79 Å². The van der Waals surface area contributed by atoms with Gasteiger partial charge in [-0.3, -0.25) is 9.79 Å². The minimum atomic E-state index is -0.229. The highest BCUT2D eigenvalue weighted by atomic mass is 127. The van der Waals surface area contributed by atoms with E-state index >= 15 is 0 Å². The number of aryl methyl sites for hydroxylation is 1. The Hall–Kier alpha value is -1.31. The summed E-state index contributed by atoms with van der Waals surface area (Å²) in [7, 11) is 1.89. The van der Waals surface area contributed by atoms with Gasteiger partial charge in [0.1, 0.15) is 0 Å². The van der Waals surface area contributed by atoms with E-state index in [1.165, 1.54) is 11.1 Å². The smallest absolute Gasteiger partial charge is 0.240 e. The molecule has 1 unspecified atom stereocenters. The monoisotopic (exact) mass is 474 g/mol. The van der Waals surface area contributed by atoms with Crippen LogP contribution in [0.25, 0.3) is 0 Å². The lowest BCUT2D eigenvalue weighted by molar-refractivity contribution is -0.122. The summed E-state index contributed by atoms with van der Waals surface area (Å²) in [5.41, 5.74) is 2.32. The van der Waals surface area contributed by atoms with E-state index in [-0.39, 0.29) is 42.0 Å². The first-order valence-corrected chi connectivity index (χ1v) is 8.99. The predicted molar refractivity (Wildman–Crippen MR) is 122 cm³/mol. The molecule has 26 heavy (non-hydrogen) atoms. The number of carbonyl (C=O) groups excluding carboxylic acids is 1. The Kier molecular flexibility index (Phi) is 10.8. The van der Waals surface area contributed by atoms with Gasteiger partial charge in [-0.1, -0.05) is 36.8 Å². The summed E-state index contributed by atoms with van der Waals surface area (Å²) in [5, 5.41) is 6.25. The number of nitrogens with zero attached hydrogens (tertiary/aromatic N) is 2. The topological polar surface area (TPSA) is 56.7 Å². The van der Waals surface area contributed by atoms with E-state index in [2.05, 4.69) is 48.7 Å². The van der Waals surface area contributed by atoms with Crippen molar-refractivity contribution < 1.29 is 4.79 Å². The second kappa shape index (κ2) is 11.4. The Bertz CT molecular complexity index is 596. The Morgan fingerprint density at radius 3 is 2.50 bits per heavy atom. The van der Waals surface area contributed by atoms with Crippen molar-refractivity contribution in [3.05, 3.63) is 35.4 Å². The van der Waals surface area contributed by atoms with Crippen molar-refractivity contribution in [3.63, 3.8) is 0 Å². The van der Waals surface area contributed by atoms with Crippen LogP contribution >= 0.6 is 24.0 Å². The molecule has 0 aliphatic heterocycles. The molecule has 0 bridgehead atoms. The molecule has 0 aliphatic carbocycles. The van der Waals surface area contributed by atoms with E-state index in [4.69, 9.17) is 4.99 Å². The average molecular weight is 474 g/mol. The zero-order chi connectivity index (χ0) is 19.0. The third kappa shape index (κ3) is 9.40. The van der Waals surface area contributed by atoms with Crippen LogP contribution < -0.4 is 10.6 Å². The van der Waals surface area contributed by atoms with Crippen LogP contribution in [0.5, 0.6) is 0 Å². The van der Waals surface area contributed by atoms with Crippen molar-refractivity contribution in [3.8, 4) is 0 Å². The van der Waals surface area contributed by atoms with Crippen molar-refractivity contribution in [2.24, 2.45) is 4.99 Å². The molecule has 0 spiro atoms. The second-order valence-corrected chi connectivity index (χ2v) is 7.66. The highest BCUT2D eigenvalue weighted by Gasteiger charge is 2.17. The number of halogens is 1. The summed E-state index contributed by atoms with van der Waals surface area (Å²) in [6.07, 6.45) is 0. The van der Waals surface area contributed by atoms with E-state index < -0.39 is 0 Å². The molecule has 0 aromatic heterocycles. The minimum Gasteiger partial charge on any atom is -0.357 e. The molecular weight excluding hydrogens is 439 g/mol. The van der Waals surface area contributed by atoms with E-state index in [0.717, 1.165) is 12.5 Å². The lowest BCUT2D eigenvalue weighted by Gasteiger charge is -2.25. The molecule has 1 amide bonds. The largest absolute Gasteiger partial charge is 0.357 e. The van der Waals surface area contributed by atoms with Gasteiger partial charge in [-0.05, 0) is 40.2 Å². The number of amides is 1. The average Bonchev–Trinajstić information content (AvgIpc) is 2.48. The van der Waals surface area contributed by atoms with Gasteiger partial charge in [0, 0.05) is 31.6 Å². The lowest BCUT2D eigenvalue weighted by atomic mass is 10.00. The Labute approximate surface area is 176 Å². The van der Waals surface area contributed by atoms with Crippen LogP contribution in [0, 0.1) is 6.92 Å². The maximum absolute atomic E-state index is 12.1. The number of benzene rings is 1. The number of nitrogens with one attached hydrogen (secondary N) is 2. The normalized spacial score (nSPS) is 12.8. The van der Waals surface area contributed by atoms with Gasteiger partial charge in [0.25, 0.3) is 0 Å². The van der Waals surface area contributed by atoms with E-state index in [1.807, 2.05) is 39.6 Å². The molecule has 2 N–H and O–H groups in total. The fourth-order valence-electron chi connectivity index (χ4n) is 2.52. The molecule has 0 heterocycles. The summed E-state index contributed by atoms with van der Waals surface area (Å²) in [6.45, 7) is 14.0. The van der Waals surface area contributed by atoms with Crippen LogP contribution in [0.2, 0.25) is 0 Å². The van der Waals surface area contributed by atoms with Gasteiger partial charge < -0.3 is 15.5 Å². The fraction of sp³-hybridized carbons (Fsp3) is 0.600. The molecule has 0 radical (unpaired) electrons. The van der Waals surface area contributed by atoms with Gasteiger partial charge in [-0.15, -0.1) is 24.0 Å². The van der Waals surface area contributed by atoms with Crippen molar-refractivity contribution >= 4 is 35.8 Å². The predicted octanol–water partition coefficient (Wildman–Crippen LogP) is 3.53. The summed E-state index contributed by atoms with van der Waals surface area (Å²) >= 11 is 0. The zero-order valence-electron chi connectivity index (χ0n) is 17.2. The number of hydrogen-bond donors (Lipinski definition) is 2. The van der Waals surface area contributed by atoms with Crippen molar-refractivity contribution in [1.82, 2.24) is 15.5 Å². The van der Waals surface area contributed by atoms with Gasteiger partial charge in [0.15, 0.2) is 5.96 Å². The molecule has 0 fully saturated rings. The third-order valence-electron chi connectivity index (χ3n) is 3.72. The van der Waals surface area contributed by atoms with Gasteiger partial charge in [0.2, 0.25) is 5.91 Å². The molecule has 1 aromatic carbocycles. The Morgan fingerprint density at radius 1 is 1.31 bits per heavy atom. The molecule has 0 saturated heterocycles. The van der Waals surface area contributed by atoms with Gasteiger partial charge in [-0.2, -0.15) is 0 Å². The van der Waals surface area contributed by atoms with Crippen molar-refractivity contribution in [2.45, 2.75) is 53.0 Å². The number of likely N-dealkylation sites (N-methyl/N-ethyl adjacent to an activating group) is 1. The molecule has 0 saturated carbocycles. The zero-order valence-corrected chi connectivity index (χ0v) is 19.5. The van der Waals surface area contributed by atoms with Gasteiger partial charge in [-0.25, -0.2) is 0 Å². The summed E-state index contributed by atoms with van der Waals surface area (Å²) in [6, 6.07) is 8.53. The van der Waals surface area contributed by atoms with Gasteiger partial charge >= 0.3 is 0 Å². The number of aliphatic imine (C=N–C) groups is 1. The van der Waals surface area contributed by atoms with E-state index in [1.54, 1.807) is 0 Å². The van der Waals surface area contributed by atoms with Crippen molar-refractivity contribution in [2.75, 3.05) is 26.7 Å². The molecule has 1 atom stereocenters. The number of rotatable bonds is 6. The van der Waals surface area contributed by atoms with Crippen LogP contribution in [-0.2, 0) is 4.79 Å². The van der Waals surface area contributed by atoms with Crippen LogP contribution in [0.15, 0.2) is 29.3 Å². The van der Waals surface area contributed by atoms with Crippen LogP contribution in [0.3, 0.4) is 0 Å². The fourth-order valence-corrected chi connectivity index (χ4v) is 2.52. The quantitative estimate of drug-likeness (QED) is 0.377. The molecule has 148 valence electrons. The van der Waals surface area contributed by atoms with Crippen LogP contribution in [0.4, 0.5) is 0 Å². The minimum absolute atomic E-state index is 0. The maximum Gasteiger partial charge on any atom is 0.240 e. The first-order valence-electron chi connectivity index (χ1n) is 8.99. The first-order chi connectivity index (χ1) is 11.6. The molecule has 1 rings (SSSR count). The van der Waals surface area contributed by atoms with Crippen LogP contribution in [0.1, 0.15) is 51.7 Å². The summed E-state index contributed by atoms with van der Waals surface area (Å²) in [4.78, 5) is 18.7. The van der Waals surface area contributed by atoms with E-state index in [0.29, 0.717) is 12.5 Å². The van der Waals surface area contributed by atoms with Gasteiger partial charge in [0.05, 0.1) is 6.54 Å². The first kappa shape index (κ1) is 24.7. The number of guanidine groups is 1. The lowest BCUT2D eigenvalue weighted by Crippen LogP contribution is -2.48. The number of hydrogen-bond acceptors (Lipinski definition) is 2. The summed E-state index contributed by atoms with van der Waals surface area (Å²) < 4.78 is 0. The van der Waals surface area contributed by atoms with Crippen molar-refractivity contribution in [1.29, 1.82) is 0 Å². The summed E-state index contributed by atoms with van der Waals surface area (Å²) in [5.74, 6) is 1.07. The molecule has 1 aromatic rings. The van der Waals surface area contributed by atoms with Crippen LogP contribution in [-0.4, -0.2) is 49.0 Å². The molecule has 5 nitrogen and oxygen atoms in total. The highest BCUT2D eigenvalue weighted by Crippen LogP contribution is 2.16. The highest BCUT2D eigenvalue weighted by molar-refractivity contribution is 14.0. The Balaban J connectivity index is 0.00000625. The SMILES string of the molecule is CCNC(=NCC(C)c1cccc(C)c1)N(C)CC(=O)NC(C)(C)C.I. The maximum atomic E-state index is 12.1. The standard InChI is InChI=1S/C20H34N4O.HI/c1-8-21-19(24(7)14-18(25)23-20(4,5)6)22-13-16(3)17-11-9-10-15(2)12-17;/h9-12,16H,8,13-14H2,1-7H3,(H,21,22)(H,23,25);1H. The molecular formula is C20H35IN4O. The third-order valence-corrected chi connectivity index (χ3v) is 3.72. The Morgan fingerprint density at radius 2 is 1.96 bits per heavy atom. The molecule has 6 heteroatoms. The number of carbonyl (C=O) groups is 1. The second-order valence-electron chi connectivity index (χ2n) is 7.66.